The van der Waals surface area contributed by atoms with Gasteiger partial charge in [0.25, 0.3) is 0 Å². The molecule has 0 atom stereocenters. The van der Waals surface area contributed by atoms with E-state index >= 15 is 0 Å². The summed E-state index contributed by atoms with van der Waals surface area (Å²) in [5.74, 6) is 0.0290. The Morgan fingerprint density at radius 2 is 1.89 bits per heavy atom. The van der Waals surface area contributed by atoms with E-state index in [0.717, 1.165) is 19.4 Å². The van der Waals surface area contributed by atoms with Crippen LogP contribution in [0.3, 0.4) is 0 Å². The van der Waals surface area contributed by atoms with E-state index in [1.54, 1.807) is 7.11 Å². The standard InChI is InChI=1S/C15H24N2O2/c1-3-13-5-7-14(8-6-13)11-16-12-15(18)17-9-4-10-19-2/h5-8,16H,3-4,9-12H2,1-2H3,(H,17,18). The van der Waals surface area contributed by atoms with E-state index < -0.39 is 0 Å². The Bertz CT molecular complexity index is 363. The molecule has 106 valence electrons. The summed E-state index contributed by atoms with van der Waals surface area (Å²) in [6, 6.07) is 8.45. The summed E-state index contributed by atoms with van der Waals surface area (Å²) in [4.78, 5) is 11.5. The van der Waals surface area contributed by atoms with Crippen LogP contribution < -0.4 is 10.6 Å². The van der Waals surface area contributed by atoms with Crippen LogP contribution in [0.4, 0.5) is 0 Å². The number of carbonyl (C=O) groups is 1. The molecule has 0 aliphatic rings. The van der Waals surface area contributed by atoms with Gasteiger partial charge < -0.3 is 15.4 Å². The van der Waals surface area contributed by atoms with Gasteiger partial charge in [-0.05, 0) is 24.0 Å². The van der Waals surface area contributed by atoms with Crippen molar-refractivity contribution in [1.29, 1.82) is 0 Å². The van der Waals surface area contributed by atoms with Gasteiger partial charge in [0.15, 0.2) is 0 Å². The number of carbonyl (C=O) groups excluding carboxylic acids is 1. The maximum absolute atomic E-state index is 11.5. The zero-order valence-electron chi connectivity index (χ0n) is 11.9. The number of aryl methyl sites for hydroxylation is 1. The zero-order chi connectivity index (χ0) is 13.9. The van der Waals surface area contributed by atoms with Crippen molar-refractivity contribution in [3.63, 3.8) is 0 Å². The van der Waals surface area contributed by atoms with E-state index in [0.29, 0.717) is 19.7 Å². The zero-order valence-corrected chi connectivity index (χ0v) is 11.9. The Labute approximate surface area is 115 Å². The lowest BCUT2D eigenvalue weighted by Gasteiger charge is -2.07. The molecule has 4 nitrogen and oxygen atoms in total. The molecule has 0 saturated carbocycles. The third-order valence-electron chi connectivity index (χ3n) is 2.89. The number of amides is 1. The number of hydrogen-bond donors (Lipinski definition) is 2. The summed E-state index contributed by atoms with van der Waals surface area (Å²) in [6.07, 6.45) is 1.90. The van der Waals surface area contributed by atoms with Gasteiger partial charge in [0.1, 0.15) is 0 Å². The van der Waals surface area contributed by atoms with Crippen LogP contribution in [0.2, 0.25) is 0 Å². The average Bonchev–Trinajstić information content (AvgIpc) is 2.44. The van der Waals surface area contributed by atoms with Gasteiger partial charge in [0.05, 0.1) is 6.54 Å². The van der Waals surface area contributed by atoms with Gasteiger partial charge in [-0.3, -0.25) is 4.79 Å². The van der Waals surface area contributed by atoms with Crippen LogP contribution in [-0.4, -0.2) is 32.7 Å². The highest BCUT2D eigenvalue weighted by Gasteiger charge is 2.00. The number of nitrogens with one attached hydrogen (secondary N) is 2. The molecule has 0 fully saturated rings. The van der Waals surface area contributed by atoms with Crippen LogP contribution >= 0.6 is 0 Å². The fourth-order valence-electron chi connectivity index (χ4n) is 1.72. The maximum atomic E-state index is 11.5. The molecule has 0 aliphatic heterocycles. The summed E-state index contributed by atoms with van der Waals surface area (Å²) >= 11 is 0. The Morgan fingerprint density at radius 1 is 1.21 bits per heavy atom. The molecule has 1 amide bonds. The van der Waals surface area contributed by atoms with Gasteiger partial charge in [-0.2, -0.15) is 0 Å². The minimum atomic E-state index is 0.0290. The second kappa shape index (κ2) is 9.53. The summed E-state index contributed by atoms with van der Waals surface area (Å²) in [6.45, 7) is 4.55. The predicted octanol–water partition coefficient (Wildman–Crippen LogP) is 1.49. The Balaban J connectivity index is 2.13. The van der Waals surface area contributed by atoms with Gasteiger partial charge in [-0.1, -0.05) is 31.2 Å². The fraction of sp³-hybridized carbons (Fsp3) is 0.533. The SMILES string of the molecule is CCc1ccc(CNCC(=O)NCCCOC)cc1. The number of ether oxygens (including phenoxy) is 1. The first-order valence-corrected chi connectivity index (χ1v) is 6.80. The largest absolute Gasteiger partial charge is 0.385 e. The van der Waals surface area contributed by atoms with Gasteiger partial charge in [-0.15, -0.1) is 0 Å². The second-order valence-electron chi connectivity index (χ2n) is 4.47. The molecular formula is C15H24N2O2. The minimum absolute atomic E-state index is 0.0290. The molecule has 0 unspecified atom stereocenters. The van der Waals surface area contributed by atoms with Crippen LogP contribution in [0.5, 0.6) is 0 Å². The molecule has 0 aliphatic carbocycles. The van der Waals surface area contributed by atoms with E-state index in [1.165, 1.54) is 11.1 Å². The Hall–Kier alpha value is -1.39. The first-order chi connectivity index (χ1) is 9.26. The number of benzene rings is 1. The molecule has 1 aromatic rings. The van der Waals surface area contributed by atoms with Crippen LogP contribution in [-0.2, 0) is 22.5 Å². The van der Waals surface area contributed by atoms with Crippen molar-refractivity contribution in [2.45, 2.75) is 26.3 Å². The Morgan fingerprint density at radius 3 is 2.53 bits per heavy atom. The monoisotopic (exact) mass is 264 g/mol. The quantitative estimate of drug-likeness (QED) is 0.664. The highest BCUT2D eigenvalue weighted by molar-refractivity contribution is 5.77. The number of hydrogen-bond acceptors (Lipinski definition) is 3. The summed E-state index contributed by atoms with van der Waals surface area (Å²) in [5, 5.41) is 5.98. The summed E-state index contributed by atoms with van der Waals surface area (Å²) in [5.41, 5.74) is 2.53. The molecule has 0 bridgehead atoms. The van der Waals surface area contributed by atoms with E-state index in [-0.39, 0.29) is 5.91 Å². The van der Waals surface area contributed by atoms with Crippen LogP contribution in [0.25, 0.3) is 0 Å². The molecule has 2 N–H and O–H groups in total. The van der Waals surface area contributed by atoms with Crippen LogP contribution in [0.15, 0.2) is 24.3 Å². The van der Waals surface area contributed by atoms with Crippen molar-refractivity contribution in [2.75, 3.05) is 26.8 Å². The van der Waals surface area contributed by atoms with Gasteiger partial charge >= 0.3 is 0 Å². The highest BCUT2D eigenvalue weighted by atomic mass is 16.5. The molecular weight excluding hydrogens is 240 g/mol. The van der Waals surface area contributed by atoms with Gasteiger partial charge in [-0.25, -0.2) is 0 Å². The molecule has 1 rings (SSSR count). The first kappa shape index (κ1) is 15.7. The molecule has 19 heavy (non-hydrogen) atoms. The van der Waals surface area contributed by atoms with Crippen molar-refractivity contribution >= 4 is 5.91 Å². The maximum Gasteiger partial charge on any atom is 0.233 e. The molecule has 0 aromatic heterocycles. The normalized spacial score (nSPS) is 10.4. The third kappa shape index (κ3) is 6.94. The topological polar surface area (TPSA) is 50.4 Å². The minimum Gasteiger partial charge on any atom is -0.385 e. The smallest absolute Gasteiger partial charge is 0.233 e. The molecule has 0 saturated heterocycles. The summed E-state index contributed by atoms with van der Waals surface area (Å²) < 4.78 is 4.91. The van der Waals surface area contributed by atoms with E-state index in [2.05, 4.69) is 41.8 Å². The predicted molar refractivity (Wildman–Crippen MR) is 77.0 cm³/mol. The van der Waals surface area contributed by atoms with E-state index in [9.17, 15) is 4.79 Å². The van der Waals surface area contributed by atoms with Crippen molar-refractivity contribution in [3.8, 4) is 0 Å². The average molecular weight is 264 g/mol. The van der Waals surface area contributed by atoms with Crippen molar-refractivity contribution in [3.05, 3.63) is 35.4 Å². The highest BCUT2D eigenvalue weighted by Crippen LogP contribution is 2.04. The second-order valence-corrected chi connectivity index (χ2v) is 4.47. The molecule has 4 heteroatoms. The molecule has 1 aromatic carbocycles. The van der Waals surface area contributed by atoms with Crippen LogP contribution in [0.1, 0.15) is 24.5 Å². The van der Waals surface area contributed by atoms with Gasteiger partial charge in [0, 0.05) is 26.8 Å². The fourth-order valence-corrected chi connectivity index (χ4v) is 1.72. The summed E-state index contributed by atoms with van der Waals surface area (Å²) in [7, 11) is 1.66. The van der Waals surface area contributed by atoms with Crippen molar-refractivity contribution < 1.29 is 9.53 Å². The number of rotatable bonds is 9. The molecule has 0 heterocycles. The number of methoxy groups -OCH3 is 1. The molecule has 0 spiro atoms. The Kier molecular flexibility index (Phi) is 7.86. The van der Waals surface area contributed by atoms with E-state index in [4.69, 9.17) is 4.74 Å². The van der Waals surface area contributed by atoms with Crippen molar-refractivity contribution in [1.82, 2.24) is 10.6 Å². The lowest BCUT2D eigenvalue weighted by atomic mass is 10.1. The lowest BCUT2D eigenvalue weighted by Crippen LogP contribution is -2.34. The van der Waals surface area contributed by atoms with Crippen molar-refractivity contribution in [2.24, 2.45) is 0 Å². The third-order valence-corrected chi connectivity index (χ3v) is 2.89. The van der Waals surface area contributed by atoms with Gasteiger partial charge in [0.2, 0.25) is 5.91 Å². The van der Waals surface area contributed by atoms with E-state index in [1.807, 2.05) is 0 Å². The lowest BCUT2D eigenvalue weighted by molar-refractivity contribution is -0.120. The van der Waals surface area contributed by atoms with Crippen LogP contribution in [0, 0.1) is 0 Å². The molecule has 0 radical (unpaired) electrons. The first-order valence-electron chi connectivity index (χ1n) is 6.80.